The van der Waals surface area contributed by atoms with Gasteiger partial charge in [0.1, 0.15) is 11.9 Å². The van der Waals surface area contributed by atoms with Gasteiger partial charge in [-0.1, -0.05) is 67.0 Å². The second kappa shape index (κ2) is 9.20. The molecule has 0 heterocycles. The predicted octanol–water partition coefficient (Wildman–Crippen LogP) is 8.94. The summed E-state index contributed by atoms with van der Waals surface area (Å²) in [6.45, 7) is 21.5. The van der Waals surface area contributed by atoms with Crippen LogP contribution in [0.15, 0.2) is 11.6 Å². The minimum Gasteiger partial charge on any atom is -0.462 e. The lowest BCUT2D eigenvalue weighted by Crippen LogP contribution is -2.65. The van der Waals surface area contributed by atoms with E-state index in [0.29, 0.717) is 41.8 Å². The molecule has 5 aliphatic carbocycles. The fourth-order valence-electron chi connectivity index (χ4n) is 11.7. The maximum Gasteiger partial charge on any atom is 0.306 e. The smallest absolute Gasteiger partial charge is 0.306 e. The molecule has 3 heteroatoms. The van der Waals surface area contributed by atoms with Crippen LogP contribution in [0.5, 0.6) is 0 Å². The Balaban J connectivity index is 1.52. The zero-order valence-electron chi connectivity index (χ0n) is 26.0. The van der Waals surface area contributed by atoms with Gasteiger partial charge in [-0.05, 0) is 117 Å². The first-order valence-electron chi connectivity index (χ1n) is 16.1. The lowest BCUT2D eigenvalue weighted by atomic mass is 9.33. The van der Waals surface area contributed by atoms with Crippen molar-refractivity contribution >= 4 is 11.8 Å². The van der Waals surface area contributed by atoms with Gasteiger partial charge >= 0.3 is 5.97 Å². The van der Waals surface area contributed by atoms with Gasteiger partial charge in [0.25, 0.3) is 0 Å². The van der Waals surface area contributed by atoms with E-state index in [1.165, 1.54) is 19.3 Å². The average Bonchev–Trinajstić information content (AvgIpc) is 2.83. The molecule has 214 valence electrons. The average molecular weight is 525 g/mol. The number of hydrogen-bond donors (Lipinski definition) is 0. The normalized spacial score (nSPS) is 49.4. The third-order valence-electron chi connectivity index (χ3n) is 14.4. The van der Waals surface area contributed by atoms with E-state index >= 15 is 0 Å². The summed E-state index contributed by atoms with van der Waals surface area (Å²) >= 11 is 0. The Morgan fingerprint density at radius 2 is 1.63 bits per heavy atom. The highest BCUT2D eigenvalue weighted by Gasteiger charge is 2.69. The standard InChI is InChI=1S/C35H56O3/c1-10-11-29(37)38-28-16-17-32(7)26(31(28,5)6)15-18-34(9)27(32)13-12-25-30-23(3)22(2)14-19-35(30,24(4)36)21-20-33(25,34)8/h12,22-23,26-28,30H,10-11,13-21H2,1-9H3/t22-,23+,26?,27?,28+,30?,32+,33-,34-,35-/m1/s1. The first kappa shape index (κ1) is 28.4. The van der Waals surface area contributed by atoms with Gasteiger partial charge in [-0.2, -0.15) is 0 Å². The number of ether oxygens (including phenoxy) is 1. The molecule has 0 N–H and O–H groups in total. The Kier molecular flexibility index (Phi) is 6.88. The summed E-state index contributed by atoms with van der Waals surface area (Å²) in [5, 5.41) is 0. The van der Waals surface area contributed by atoms with Crippen LogP contribution in [0, 0.1) is 56.7 Å². The van der Waals surface area contributed by atoms with E-state index in [-0.39, 0.29) is 39.1 Å². The number of rotatable bonds is 4. The number of allylic oxidation sites excluding steroid dienone is 2. The summed E-state index contributed by atoms with van der Waals surface area (Å²) in [4.78, 5) is 25.8. The minimum absolute atomic E-state index is 0.00765. The quantitative estimate of drug-likeness (QED) is 0.272. The lowest BCUT2D eigenvalue weighted by molar-refractivity contribution is -0.213. The summed E-state index contributed by atoms with van der Waals surface area (Å²) in [7, 11) is 0. The summed E-state index contributed by atoms with van der Waals surface area (Å²) in [5.41, 5.74) is 2.17. The molecule has 0 radical (unpaired) electrons. The Morgan fingerprint density at radius 3 is 2.29 bits per heavy atom. The van der Waals surface area contributed by atoms with Gasteiger partial charge in [-0.3, -0.25) is 9.59 Å². The van der Waals surface area contributed by atoms with Crippen molar-refractivity contribution in [2.24, 2.45) is 56.7 Å². The fourth-order valence-corrected chi connectivity index (χ4v) is 11.7. The summed E-state index contributed by atoms with van der Waals surface area (Å²) in [6.07, 6.45) is 14.3. The topological polar surface area (TPSA) is 43.4 Å². The molecule has 4 saturated carbocycles. The Morgan fingerprint density at radius 1 is 0.921 bits per heavy atom. The lowest BCUT2D eigenvalue weighted by Gasteiger charge is -2.71. The number of carbonyl (C=O) groups excluding carboxylic acids is 2. The van der Waals surface area contributed by atoms with Gasteiger partial charge in [-0.25, -0.2) is 0 Å². The van der Waals surface area contributed by atoms with Crippen LogP contribution < -0.4 is 0 Å². The van der Waals surface area contributed by atoms with Crippen molar-refractivity contribution in [1.29, 1.82) is 0 Å². The number of Topliss-reactive ketones (excluding diaryl/α,β-unsaturated/α-hetero) is 1. The summed E-state index contributed by atoms with van der Waals surface area (Å²) in [6, 6.07) is 0. The number of hydrogen-bond acceptors (Lipinski definition) is 3. The minimum atomic E-state index is -0.135. The molecule has 38 heavy (non-hydrogen) atoms. The van der Waals surface area contributed by atoms with E-state index in [4.69, 9.17) is 4.74 Å². The van der Waals surface area contributed by atoms with Crippen molar-refractivity contribution in [2.45, 2.75) is 139 Å². The number of fused-ring (bicyclic) bond motifs is 7. The van der Waals surface area contributed by atoms with Crippen molar-refractivity contribution in [3.63, 3.8) is 0 Å². The molecule has 3 unspecified atom stereocenters. The second-order valence-electron chi connectivity index (χ2n) is 15.9. The van der Waals surface area contributed by atoms with Crippen LogP contribution in [0.2, 0.25) is 0 Å². The molecule has 3 nitrogen and oxygen atoms in total. The van der Waals surface area contributed by atoms with Gasteiger partial charge in [0.15, 0.2) is 0 Å². The van der Waals surface area contributed by atoms with E-state index in [1.807, 2.05) is 6.92 Å². The van der Waals surface area contributed by atoms with Crippen LogP contribution in [-0.2, 0) is 14.3 Å². The molecule has 0 saturated heterocycles. The molecule has 0 aromatic carbocycles. The maximum atomic E-state index is 13.3. The zero-order valence-corrected chi connectivity index (χ0v) is 26.0. The molecule has 0 amide bonds. The van der Waals surface area contributed by atoms with E-state index < -0.39 is 0 Å². The van der Waals surface area contributed by atoms with Gasteiger partial charge in [0.2, 0.25) is 0 Å². The van der Waals surface area contributed by atoms with E-state index in [0.717, 1.165) is 44.9 Å². The largest absolute Gasteiger partial charge is 0.462 e. The molecule has 4 fully saturated rings. The van der Waals surface area contributed by atoms with Crippen molar-refractivity contribution in [3.05, 3.63) is 11.6 Å². The van der Waals surface area contributed by atoms with Crippen molar-refractivity contribution in [1.82, 2.24) is 0 Å². The van der Waals surface area contributed by atoms with Crippen molar-refractivity contribution < 1.29 is 14.3 Å². The zero-order chi connectivity index (χ0) is 27.9. The second-order valence-corrected chi connectivity index (χ2v) is 15.9. The van der Waals surface area contributed by atoms with Crippen LogP contribution in [0.4, 0.5) is 0 Å². The number of ketones is 1. The monoisotopic (exact) mass is 524 g/mol. The number of esters is 1. The third-order valence-corrected chi connectivity index (χ3v) is 14.4. The maximum absolute atomic E-state index is 13.3. The number of carbonyl (C=O) groups is 2. The molecule has 0 bridgehead atoms. The first-order valence-corrected chi connectivity index (χ1v) is 16.1. The van der Waals surface area contributed by atoms with E-state index in [9.17, 15) is 9.59 Å². The molecule has 0 spiro atoms. The van der Waals surface area contributed by atoms with Gasteiger partial charge in [-0.15, -0.1) is 0 Å². The van der Waals surface area contributed by atoms with Gasteiger partial charge in [0, 0.05) is 17.3 Å². The molecule has 5 aliphatic rings. The van der Waals surface area contributed by atoms with Crippen molar-refractivity contribution in [2.75, 3.05) is 0 Å². The van der Waals surface area contributed by atoms with Crippen LogP contribution in [0.25, 0.3) is 0 Å². The van der Waals surface area contributed by atoms with Gasteiger partial charge in [0.05, 0.1) is 0 Å². The SMILES string of the molecule is CCCC(=O)O[C@H]1CC[C@@]2(C)C(CC[C@]3(C)C2CC=C2C4[C@@H](C)[C@H](C)CC[C@]4(C(C)=O)CC[C@]23C)C1(C)C. The predicted molar refractivity (Wildman–Crippen MR) is 154 cm³/mol. The van der Waals surface area contributed by atoms with Crippen LogP contribution in [0.1, 0.15) is 133 Å². The van der Waals surface area contributed by atoms with E-state index in [1.54, 1.807) is 5.57 Å². The molecule has 0 aliphatic heterocycles. The highest BCUT2D eigenvalue weighted by atomic mass is 16.5. The highest BCUT2D eigenvalue weighted by Crippen LogP contribution is 2.75. The third kappa shape index (κ3) is 3.64. The molecule has 10 atom stereocenters. The molecular formula is C35H56O3. The Hall–Kier alpha value is -1.12. The summed E-state index contributed by atoms with van der Waals surface area (Å²) < 4.78 is 6.14. The molecule has 5 rings (SSSR count). The van der Waals surface area contributed by atoms with Crippen molar-refractivity contribution in [3.8, 4) is 0 Å². The molecule has 0 aromatic rings. The first-order chi connectivity index (χ1) is 17.7. The van der Waals surface area contributed by atoms with Gasteiger partial charge < -0.3 is 4.74 Å². The Labute approximate surface area is 233 Å². The highest BCUT2D eigenvalue weighted by molar-refractivity contribution is 5.84. The molecule has 0 aromatic heterocycles. The fraction of sp³-hybridized carbons (Fsp3) is 0.886. The molecular weight excluding hydrogens is 468 g/mol. The van der Waals surface area contributed by atoms with Crippen LogP contribution >= 0.6 is 0 Å². The summed E-state index contributed by atoms with van der Waals surface area (Å²) in [5.74, 6) is 3.29. The van der Waals surface area contributed by atoms with E-state index in [2.05, 4.69) is 61.5 Å². The van der Waals surface area contributed by atoms with Crippen LogP contribution in [-0.4, -0.2) is 17.9 Å². The Bertz CT molecular complexity index is 1010. The van der Waals surface area contributed by atoms with Crippen LogP contribution in [0.3, 0.4) is 0 Å².